The molecule has 1 aliphatic rings. The number of hydrogen-bond acceptors (Lipinski definition) is 4. The van der Waals surface area contributed by atoms with E-state index < -0.39 is 0 Å². The van der Waals surface area contributed by atoms with Gasteiger partial charge in [0.2, 0.25) is 0 Å². The van der Waals surface area contributed by atoms with Crippen molar-refractivity contribution >= 4 is 0 Å². The summed E-state index contributed by atoms with van der Waals surface area (Å²) in [5.41, 5.74) is -0.134. The van der Waals surface area contributed by atoms with E-state index in [1.165, 1.54) is 12.8 Å². The molecule has 5 nitrogen and oxygen atoms in total. The fraction of sp³-hybridized carbons (Fsp3) is 0.833. The van der Waals surface area contributed by atoms with Crippen LogP contribution in [-0.2, 0) is 24.2 Å². The second kappa shape index (κ2) is 5.14. The van der Waals surface area contributed by atoms with E-state index >= 15 is 0 Å². The summed E-state index contributed by atoms with van der Waals surface area (Å²) < 4.78 is 7.61. The Kier molecular flexibility index (Phi) is 3.79. The van der Waals surface area contributed by atoms with Crippen LogP contribution in [0.2, 0.25) is 0 Å². The van der Waals surface area contributed by atoms with Gasteiger partial charge in [0.05, 0.1) is 12.1 Å². The zero-order valence-electron chi connectivity index (χ0n) is 11.0. The predicted octanol–water partition coefficient (Wildman–Crippen LogP) is 1.13. The van der Waals surface area contributed by atoms with E-state index in [0.29, 0.717) is 0 Å². The summed E-state index contributed by atoms with van der Waals surface area (Å²) >= 11 is 0. The first-order valence-electron chi connectivity index (χ1n) is 6.29. The molecule has 5 heteroatoms. The summed E-state index contributed by atoms with van der Waals surface area (Å²) in [5, 5.41) is 11.9. The summed E-state index contributed by atoms with van der Waals surface area (Å²) in [6, 6.07) is 0. The summed E-state index contributed by atoms with van der Waals surface area (Å²) in [7, 11) is 1.74. The van der Waals surface area contributed by atoms with Crippen LogP contribution in [0.4, 0.5) is 0 Å². The van der Waals surface area contributed by atoms with E-state index in [4.69, 9.17) is 4.74 Å². The molecular formula is C12H22N4O. The van der Waals surface area contributed by atoms with E-state index in [1.807, 2.05) is 0 Å². The SMILES string of the molecule is COC(C)(C)CNCc1nnc2n1CCCC2. The second-order valence-corrected chi connectivity index (χ2v) is 5.21. The van der Waals surface area contributed by atoms with Gasteiger partial charge in [-0.15, -0.1) is 10.2 Å². The molecule has 0 fully saturated rings. The first-order valence-corrected chi connectivity index (χ1v) is 6.29. The van der Waals surface area contributed by atoms with Gasteiger partial charge in [0.15, 0.2) is 0 Å². The first-order chi connectivity index (χ1) is 8.12. The lowest BCUT2D eigenvalue weighted by atomic mass is 10.1. The molecule has 1 N–H and O–H groups in total. The Hall–Kier alpha value is -0.940. The van der Waals surface area contributed by atoms with Gasteiger partial charge >= 0.3 is 0 Å². The Morgan fingerprint density at radius 2 is 2.18 bits per heavy atom. The van der Waals surface area contributed by atoms with Crippen LogP contribution in [0.25, 0.3) is 0 Å². The van der Waals surface area contributed by atoms with Crippen LogP contribution in [0.15, 0.2) is 0 Å². The summed E-state index contributed by atoms with van der Waals surface area (Å²) in [4.78, 5) is 0. The quantitative estimate of drug-likeness (QED) is 0.835. The number of ether oxygens (including phenoxy) is 1. The first kappa shape index (κ1) is 12.5. The van der Waals surface area contributed by atoms with E-state index in [9.17, 15) is 0 Å². The molecule has 0 unspecified atom stereocenters. The Bertz CT molecular complexity index is 373. The van der Waals surface area contributed by atoms with E-state index in [-0.39, 0.29) is 5.60 Å². The third-order valence-electron chi connectivity index (χ3n) is 3.32. The molecule has 0 aromatic carbocycles. The fourth-order valence-electron chi connectivity index (χ4n) is 2.05. The fourth-order valence-corrected chi connectivity index (χ4v) is 2.05. The van der Waals surface area contributed by atoms with Crippen molar-refractivity contribution in [1.29, 1.82) is 0 Å². The van der Waals surface area contributed by atoms with Gasteiger partial charge in [-0.3, -0.25) is 0 Å². The van der Waals surface area contributed by atoms with Crippen molar-refractivity contribution in [2.24, 2.45) is 0 Å². The van der Waals surface area contributed by atoms with E-state index in [2.05, 4.69) is 33.9 Å². The molecular weight excluding hydrogens is 216 g/mol. The number of aromatic nitrogens is 3. The summed E-state index contributed by atoms with van der Waals surface area (Å²) in [6.45, 7) is 6.77. The topological polar surface area (TPSA) is 52.0 Å². The molecule has 0 radical (unpaired) electrons. The van der Waals surface area contributed by atoms with Crippen molar-refractivity contribution in [2.45, 2.75) is 51.8 Å². The lowest BCUT2D eigenvalue weighted by Crippen LogP contribution is -2.37. The van der Waals surface area contributed by atoms with Gasteiger partial charge in [-0.1, -0.05) is 0 Å². The summed E-state index contributed by atoms with van der Waals surface area (Å²) in [5.74, 6) is 2.19. The number of fused-ring (bicyclic) bond motifs is 1. The van der Waals surface area contributed by atoms with Crippen molar-refractivity contribution in [3.63, 3.8) is 0 Å². The molecule has 96 valence electrons. The lowest BCUT2D eigenvalue weighted by molar-refractivity contribution is 0.0229. The molecule has 1 aromatic heterocycles. The van der Waals surface area contributed by atoms with Crippen LogP contribution >= 0.6 is 0 Å². The van der Waals surface area contributed by atoms with Crippen molar-refractivity contribution in [1.82, 2.24) is 20.1 Å². The third-order valence-corrected chi connectivity index (χ3v) is 3.32. The number of rotatable bonds is 5. The van der Waals surface area contributed by atoms with Crippen LogP contribution in [0.5, 0.6) is 0 Å². The van der Waals surface area contributed by atoms with Gasteiger partial charge in [0.1, 0.15) is 11.6 Å². The molecule has 17 heavy (non-hydrogen) atoms. The monoisotopic (exact) mass is 238 g/mol. The number of hydrogen-bond donors (Lipinski definition) is 1. The molecule has 2 rings (SSSR count). The Labute approximate surface area is 103 Å². The van der Waals surface area contributed by atoms with Crippen molar-refractivity contribution in [2.75, 3.05) is 13.7 Å². The normalized spacial score (nSPS) is 15.9. The molecule has 1 aromatic rings. The zero-order chi connectivity index (χ0) is 12.3. The average Bonchev–Trinajstić information content (AvgIpc) is 2.73. The van der Waals surface area contributed by atoms with Crippen LogP contribution in [0.1, 0.15) is 38.3 Å². The van der Waals surface area contributed by atoms with E-state index in [0.717, 1.165) is 37.7 Å². The molecule has 1 aliphatic heterocycles. The molecule has 0 atom stereocenters. The summed E-state index contributed by atoms with van der Waals surface area (Å²) in [6.07, 6.45) is 3.54. The number of nitrogens with zero attached hydrogens (tertiary/aromatic N) is 3. The highest BCUT2D eigenvalue weighted by Gasteiger charge is 2.18. The van der Waals surface area contributed by atoms with Crippen molar-refractivity contribution < 1.29 is 4.74 Å². The maximum Gasteiger partial charge on any atom is 0.147 e. The van der Waals surface area contributed by atoms with Crippen LogP contribution in [-0.4, -0.2) is 34.0 Å². The zero-order valence-corrected chi connectivity index (χ0v) is 11.0. The Balaban J connectivity index is 1.89. The van der Waals surface area contributed by atoms with Crippen LogP contribution in [0, 0.1) is 0 Å². The van der Waals surface area contributed by atoms with Gasteiger partial charge in [0, 0.05) is 26.6 Å². The molecule has 0 saturated heterocycles. The molecule has 2 heterocycles. The highest BCUT2D eigenvalue weighted by Crippen LogP contribution is 2.14. The van der Waals surface area contributed by atoms with Gasteiger partial charge in [0.25, 0.3) is 0 Å². The highest BCUT2D eigenvalue weighted by atomic mass is 16.5. The molecule has 0 aliphatic carbocycles. The Morgan fingerprint density at radius 1 is 1.35 bits per heavy atom. The maximum absolute atomic E-state index is 5.36. The minimum Gasteiger partial charge on any atom is -0.377 e. The van der Waals surface area contributed by atoms with Crippen LogP contribution < -0.4 is 5.32 Å². The molecule has 0 saturated carbocycles. The maximum atomic E-state index is 5.36. The van der Waals surface area contributed by atoms with Gasteiger partial charge in [-0.05, 0) is 26.7 Å². The van der Waals surface area contributed by atoms with Gasteiger partial charge in [-0.25, -0.2) is 0 Å². The van der Waals surface area contributed by atoms with Crippen molar-refractivity contribution in [3.05, 3.63) is 11.6 Å². The number of aryl methyl sites for hydroxylation is 1. The minimum atomic E-state index is -0.134. The van der Waals surface area contributed by atoms with Crippen LogP contribution in [0.3, 0.4) is 0 Å². The van der Waals surface area contributed by atoms with Crippen molar-refractivity contribution in [3.8, 4) is 0 Å². The van der Waals surface area contributed by atoms with E-state index in [1.54, 1.807) is 7.11 Å². The van der Waals surface area contributed by atoms with Gasteiger partial charge < -0.3 is 14.6 Å². The predicted molar refractivity (Wildman–Crippen MR) is 65.8 cm³/mol. The van der Waals surface area contributed by atoms with Gasteiger partial charge in [-0.2, -0.15) is 0 Å². The number of nitrogens with one attached hydrogen (secondary N) is 1. The molecule has 0 spiro atoms. The third kappa shape index (κ3) is 3.04. The Morgan fingerprint density at radius 3 is 2.94 bits per heavy atom. The molecule has 0 bridgehead atoms. The second-order valence-electron chi connectivity index (χ2n) is 5.21. The largest absolute Gasteiger partial charge is 0.377 e. The smallest absolute Gasteiger partial charge is 0.147 e. The lowest BCUT2D eigenvalue weighted by Gasteiger charge is -2.23. The molecule has 0 amide bonds. The average molecular weight is 238 g/mol. The number of methoxy groups -OCH3 is 1. The minimum absolute atomic E-state index is 0.134. The highest BCUT2D eigenvalue weighted by molar-refractivity contribution is 4.98. The standard InChI is InChI=1S/C12H22N4O/c1-12(2,17-3)9-13-8-11-15-14-10-6-4-5-7-16(10)11/h13H,4-9H2,1-3H3.